The summed E-state index contributed by atoms with van der Waals surface area (Å²) in [5.41, 5.74) is 7.60. The molecule has 50 heavy (non-hydrogen) atoms. The molecular formula is C38H47N9O3. The maximum atomic E-state index is 9.22. The highest BCUT2D eigenvalue weighted by atomic mass is 16.5. The van der Waals surface area contributed by atoms with Crippen LogP contribution >= 0.6 is 0 Å². The average Bonchev–Trinajstić information content (AvgIpc) is 3.78. The minimum absolute atomic E-state index is 0.329. The summed E-state index contributed by atoms with van der Waals surface area (Å²) in [5, 5.41) is 30.7. The number of hydrogen-bond acceptors (Lipinski definition) is 10. The Balaban J connectivity index is 1.13. The highest BCUT2D eigenvalue weighted by Gasteiger charge is 2.18. The van der Waals surface area contributed by atoms with Crippen LogP contribution in [-0.4, -0.2) is 97.8 Å². The Bertz CT molecular complexity index is 1800. The monoisotopic (exact) mass is 677 g/mol. The summed E-state index contributed by atoms with van der Waals surface area (Å²) in [7, 11) is 8.08. The van der Waals surface area contributed by atoms with E-state index in [-0.39, 0.29) is 0 Å². The first-order valence-electron chi connectivity index (χ1n) is 16.8. The Hall–Kier alpha value is -5.19. The van der Waals surface area contributed by atoms with Gasteiger partial charge in [0.15, 0.2) is 0 Å². The highest BCUT2D eigenvalue weighted by Crippen LogP contribution is 2.30. The first kappa shape index (κ1) is 36.1. The van der Waals surface area contributed by atoms with Crippen molar-refractivity contribution >= 4 is 0 Å². The van der Waals surface area contributed by atoms with E-state index in [4.69, 9.17) is 14.2 Å². The van der Waals surface area contributed by atoms with E-state index >= 15 is 0 Å². The van der Waals surface area contributed by atoms with Crippen LogP contribution in [0.1, 0.15) is 22.3 Å². The van der Waals surface area contributed by atoms with Crippen molar-refractivity contribution in [3.05, 3.63) is 101 Å². The summed E-state index contributed by atoms with van der Waals surface area (Å²) in [6.45, 7) is 6.21. The van der Waals surface area contributed by atoms with Gasteiger partial charge in [-0.25, -0.2) is 0 Å². The van der Waals surface area contributed by atoms with Crippen molar-refractivity contribution in [1.82, 2.24) is 40.8 Å². The van der Waals surface area contributed by atoms with Crippen LogP contribution in [0.25, 0.3) is 22.5 Å². The average molecular weight is 678 g/mol. The zero-order valence-electron chi connectivity index (χ0n) is 29.3. The second kappa shape index (κ2) is 18.5. The fourth-order valence-electron chi connectivity index (χ4n) is 5.48. The molecule has 0 atom stereocenters. The molecule has 4 N–H and O–H groups in total. The lowest BCUT2D eigenvalue weighted by molar-refractivity contribution is 0.216. The van der Waals surface area contributed by atoms with Crippen LogP contribution in [0.3, 0.4) is 0 Å². The van der Waals surface area contributed by atoms with Crippen LogP contribution in [0.5, 0.6) is 17.4 Å². The second-order valence-electron chi connectivity index (χ2n) is 12.2. The van der Waals surface area contributed by atoms with Gasteiger partial charge in [0.25, 0.3) is 0 Å². The van der Waals surface area contributed by atoms with Crippen LogP contribution in [0.15, 0.2) is 79.0 Å². The normalized spacial score (nSPS) is 11.2. The molecule has 0 saturated heterocycles. The lowest BCUT2D eigenvalue weighted by atomic mass is 10.1. The summed E-state index contributed by atoms with van der Waals surface area (Å²) < 4.78 is 18.3. The highest BCUT2D eigenvalue weighted by molar-refractivity contribution is 5.66. The van der Waals surface area contributed by atoms with E-state index in [0.717, 1.165) is 83.4 Å². The summed E-state index contributed by atoms with van der Waals surface area (Å²) >= 11 is 0. The van der Waals surface area contributed by atoms with E-state index in [2.05, 4.69) is 61.0 Å². The van der Waals surface area contributed by atoms with E-state index < -0.39 is 0 Å². The van der Waals surface area contributed by atoms with E-state index in [9.17, 15) is 5.26 Å². The Kier molecular flexibility index (Phi) is 13.4. The number of nitrogens with one attached hydrogen (secondary N) is 4. The number of benzene rings is 3. The molecule has 0 aliphatic carbocycles. The largest absolute Gasteiger partial charge is 0.490 e. The number of aromatic nitrogens is 4. The zero-order chi connectivity index (χ0) is 35.1. The molecule has 0 amide bonds. The Labute approximate surface area is 294 Å². The topological polar surface area (TPSA) is 139 Å². The van der Waals surface area contributed by atoms with Gasteiger partial charge in [-0.2, -0.15) is 10.4 Å². The van der Waals surface area contributed by atoms with Gasteiger partial charge in [0.2, 0.25) is 5.88 Å². The van der Waals surface area contributed by atoms with Crippen LogP contribution in [0, 0.1) is 11.3 Å². The Morgan fingerprint density at radius 1 is 0.760 bits per heavy atom. The standard InChI is InChI=1S/C38H47N9O3/c1-40-16-18-46(3)25-32-24-42-43-36(32)30-12-14-33(15-13-30)48-20-21-49-34-7-5-6-29(22-34)27-50-38-35(26-47(4)19-17-41-2)37(44-45-38)31-10-8-28(23-39)9-11-31/h5-15,22,24,40-41H,16-21,25-27H2,1-4H3,(H,42,43)(H,44,45). The van der Waals surface area contributed by atoms with Crippen molar-refractivity contribution in [2.75, 3.05) is 67.6 Å². The molecule has 0 fully saturated rings. The summed E-state index contributed by atoms with van der Waals surface area (Å²) in [5.74, 6) is 2.06. The molecule has 5 rings (SSSR count). The predicted octanol–water partition coefficient (Wildman–Crippen LogP) is 4.68. The van der Waals surface area contributed by atoms with Crippen LogP contribution in [-0.2, 0) is 19.7 Å². The molecule has 12 nitrogen and oxygen atoms in total. The van der Waals surface area contributed by atoms with Crippen molar-refractivity contribution in [3.63, 3.8) is 0 Å². The van der Waals surface area contributed by atoms with Gasteiger partial charge in [0.05, 0.1) is 34.8 Å². The van der Waals surface area contributed by atoms with E-state index in [1.807, 2.05) is 93.1 Å². The number of likely N-dealkylation sites (N-methyl/N-ethyl adjacent to an activating group) is 4. The zero-order valence-corrected chi connectivity index (χ0v) is 29.3. The molecule has 2 heterocycles. The molecule has 0 unspecified atom stereocenters. The number of hydrogen-bond donors (Lipinski definition) is 4. The summed E-state index contributed by atoms with van der Waals surface area (Å²) in [6, 6.07) is 25.5. The number of nitrogens with zero attached hydrogens (tertiary/aromatic N) is 5. The molecule has 12 heteroatoms. The van der Waals surface area contributed by atoms with Crippen LogP contribution in [0.4, 0.5) is 0 Å². The molecule has 0 radical (unpaired) electrons. The maximum Gasteiger partial charge on any atom is 0.238 e. The molecule has 262 valence electrons. The van der Waals surface area contributed by atoms with Crippen LogP contribution in [0.2, 0.25) is 0 Å². The van der Waals surface area contributed by atoms with Gasteiger partial charge in [-0.3, -0.25) is 10.2 Å². The maximum absolute atomic E-state index is 9.22. The quantitative estimate of drug-likeness (QED) is 0.0860. The number of ether oxygens (including phenoxy) is 3. The van der Waals surface area contributed by atoms with Crippen molar-refractivity contribution in [1.29, 1.82) is 5.26 Å². The molecule has 0 saturated carbocycles. The molecule has 2 aromatic heterocycles. The van der Waals surface area contributed by atoms with Gasteiger partial charge in [0.1, 0.15) is 31.3 Å². The Morgan fingerprint density at radius 3 is 2.12 bits per heavy atom. The predicted molar refractivity (Wildman–Crippen MR) is 195 cm³/mol. The van der Waals surface area contributed by atoms with Crippen molar-refractivity contribution in [3.8, 4) is 46.0 Å². The number of rotatable bonds is 20. The molecule has 0 aliphatic rings. The Morgan fingerprint density at radius 2 is 1.42 bits per heavy atom. The lowest BCUT2D eigenvalue weighted by Crippen LogP contribution is -2.27. The van der Waals surface area contributed by atoms with E-state index in [1.165, 1.54) is 0 Å². The van der Waals surface area contributed by atoms with Gasteiger partial charge in [0, 0.05) is 56.0 Å². The van der Waals surface area contributed by atoms with Gasteiger partial charge in [-0.1, -0.05) is 24.3 Å². The van der Waals surface area contributed by atoms with Crippen molar-refractivity contribution in [2.45, 2.75) is 19.7 Å². The fraction of sp³-hybridized carbons (Fsp3) is 0.342. The third kappa shape index (κ3) is 10.2. The van der Waals surface area contributed by atoms with E-state index in [1.54, 1.807) is 0 Å². The molecule has 0 bridgehead atoms. The van der Waals surface area contributed by atoms with Gasteiger partial charge in [-0.05, 0) is 82.3 Å². The molecular weight excluding hydrogens is 630 g/mol. The number of nitriles is 1. The molecule has 5 aromatic rings. The molecule has 0 aliphatic heterocycles. The van der Waals surface area contributed by atoms with Crippen LogP contribution < -0.4 is 24.8 Å². The lowest BCUT2D eigenvalue weighted by Gasteiger charge is -2.17. The van der Waals surface area contributed by atoms with Crippen molar-refractivity contribution < 1.29 is 14.2 Å². The number of H-pyrrole nitrogens is 2. The minimum Gasteiger partial charge on any atom is -0.490 e. The minimum atomic E-state index is 0.329. The summed E-state index contributed by atoms with van der Waals surface area (Å²) in [4.78, 5) is 4.48. The van der Waals surface area contributed by atoms with Gasteiger partial charge < -0.3 is 34.6 Å². The third-order valence-corrected chi connectivity index (χ3v) is 8.24. The number of aromatic amines is 2. The van der Waals surface area contributed by atoms with Gasteiger partial charge >= 0.3 is 0 Å². The summed E-state index contributed by atoms with van der Waals surface area (Å²) in [6.07, 6.45) is 1.89. The molecule has 0 spiro atoms. The fourth-order valence-corrected chi connectivity index (χ4v) is 5.48. The SMILES string of the molecule is CNCCN(C)Cc1cn[nH]c1-c1ccc(OCCOc2cccc(COc3n[nH]c(-c4ccc(C#N)cc4)c3CN(C)CCNC)c2)cc1. The smallest absolute Gasteiger partial charge is 0.238 e. The first-order chi connectivity index (χ1) is 24.5. The van der Waals surface area contributed by atoms with E-state index in [0.29, 0.717) is 37.8 Å². The third-order valence-electron chi connectivity index (χ3n) is 8.24. The second-order valence-corrected chi connectivity index (χ2v) is 12.2. The van der Waals surface area contributed by atoms with Gasteiger partial charge in [-0.15, -0.1) is 5.10 Å². The van der Waals surface area contributed by atoms with Crippen molar-refractivity contribution in [2.24, 2.45) is 0 Å². The first-order valence-corrected chi connectivity index (χ1v) is 16.8. The molecule has 3 aromatic carbocycles.